The van der Waals surface area contributed by atoms with Crippen LogP contribution in [0.3, 0.4) is 0 Å². The molecule has 1 aliphatic carbocycles. The Morgan fingerprint density at radius 1 is 1.12 bits per heavy atom. The number of hydrogen-bond donors (Lipinski definition) is 0. The van der Waals surface area contributed by atoms with Crippen molar-refractivity contribution in [1.29, 1.82) is 0 Å². The van der Waals surface area contributed by atoms with E-state index in [9.17, 15) is 0 Å². The predicted octanol–water partition coefficient (Wildman–Crippen LogP) is 3.90. The first-order valence-electron chi connectivity index (χ1n) is 5.88. The van der Waals surface area contributed by atoms with Crippen molar-refractivity contribution in [1.82, 2.24) is 0 Å². The minimum atomic E-state index is -1.26. The van der Waals surface area contributed by atoms with Gasteiger partial charge in [-0.3, -0.25) is 0 Å². The van der Waals surface area contributed by atoms with Crippen LogP contribution in [0, 0.1) is 11.5 Å². The number of hydrogen-bond acceptors (Lipinski definition) is 0. The molecule has 16 heavy (non-hydrogen) atoms. The lowest BCUT2D eigenvalue weighted by atomic mass is 9.91. The Hall–Kier alpha value is -1.26. The third-order valence-electron chi connectivity index (χ3n) is 2.64. The summed E-state index contributed by atoms with van der Waals surface area (Å²) in [4.78, 5) is 0. The Bertz CT molecular complexity index is 478. The lowest BCUT2D eigenvalue weighted by Gasteiger charge is -2.14. The van der Waals surface area contributed by atoms with Crippen LogP contribution in [0.2, 0.25) is 19.6 Å². The van der Waals surface area contributed by atoms with Gasteiger partial charge in [0.15, 0.2) is 0 Å². The molecule has 1 aliphatic rings. The maximum atomic E-state index is 3.45. The van der Waals surface area contributed by atoms with Gasteiger partial charge in [-0.1, -0.05) is 55.9 Å². The van der Waals surface area contributed by atoms with E-state index in [4.69, 9.17) is 0 Å². The quantitative estimate of drug-likeness (QED) is 0.465. The standard InChI is InChI=1S/C15H18Si/c1-16(2,3)12-11-14-9-6-8-13-7-4-5-10-15(13)14/h4-5,7,9-10H,6,8H2,1-3H3. The van der Waals surface area contributed by atoms with Crippen molar-refractivity contribution in [3.05, 3.63) is 41.5 Å². The molecule has 82 valence electrons. The van der Waals surface area contributed by atoms with Crippen molar-refractivity contribution in [2.24, 2.45) is 0 Å². The van der Waals surface area contributed by atoms with Gasteiger partial charge in [-0.15, -0.1) is 5.54 Å². The molecule has 0 radical (unpaired) electrons. The summed E-state index contributed by atoms with van der Waals surface area (Å²) in [6, 6.07) is 8.64. The summed E-state index contributed by atoms with van der Waals surface area (Å²) in [5, 5.41) is 0. The predicted molar refractivity (Wildman–Crippen MR) is 73.9 cm³/mol. The van der Waals surface area contributed by atoms with Gasteiger partial charge in [0.1, 0.15) is 8.07 Å². The third-order valence-corrected chi connectivity index (χ3v) is 3.52. The molecule has 0 aromatic heterocycles. The van der Waals surface area contributed by atoms with Crippen LogP contribution in [0.15, 0.2) is 30.3 Å². The molecule has 2 rings (SSSR count). The fourth-order valence-corrected chi connectivity index (χ4v) is 2.37. The van der Waals surface area contributed by atoms with E-state index in [1.54, 1.807) is 0 Å². The molecule has 0 aliphatic heterocycles. The minimum absolute atomic E-state index is 1.13. The molecule has 0 spiro atoms. The Balaban J connectivity index is 2.36. The fourth-order valence-electron chi connectivity index (χ4n) is 1.86. The summed E-state index contributed by atoms with van der Waals surface area (Å²) in [6.45, 7) is 6.86. The first-order valence-corrected chi connectivity index (χ1v) is 9.38. The number of rotatable bonds is 0. The van der Waals surface area contributed by atoms with Gasteiger partial charge < -0.3 is 0 Å². The summed E-state index contributed by atoms with van der Waals surface area (Å²) in [5.41, 5.74) is 7.49. The fraction of sp³-hybridized carbons (Fsp3) is 0.333. The second-order valence-electron chi connectivity index (χ2n) is 5.31. The molecule has 0 saturated carbocycles. The number of benzene rings is 1. The van der Waals surface area contributed by atoms with Crippen LogP contribution in [0.4, 0.5) is 0 Å². The zero-order valence-corrected chi connectivity index (χ0v) is 11.3. The van der Waals surface area contributed by atoms with Crippen molar-refractivity contribution in [3.63, 3.8) is 0 Å². The maximum Gasteiger partial charge on any atom is 0.129 e. The molecule has 0 unspecified atom stereocenters. The first kappa shape index (κ1) is 11.2. The van der Waals surface area contributed by atoms with Crippen LogP contribution >= 0.6 is 0 Å². The van der Waals surface area contributed by atoms with Gasteiger partial charge in [0.2, 0.25) is 0 Å². The van der Waals surface area contributed by atoms with Crippen molar-refractivity contribution >= 4 is 13.6 Å². The van der Waals surface area contributed by atoms with Gasteiger partial charge >= 0.3 is 0 Å². The number of fused-ring (bicyclic) bond motifs is 1. The zero-order chi connectivity index (χ0) is 11.6. The van der Waals surface area contributed by atoms with Gasteiger partial charge in [-0.2, -0.15) is 0 Å². The Kier molecular flexibility index (Phi) is 3.03. The van der Waals surface area contributed by atoms with Crippen molar-refractivity contribution in [2.45, 2.75) is 32.5 Å². The van der Waals surface area contributed by atoms with Crippen LogP contribution in [0.5, 0.6) is 0 Å². The second kappa shape index (κ2) is 4.31. The molecule has 0 nitrogen and oxygen atoms in total. The zero-order valence-electron chi connectivity index (χ0n) is 10.3. The highest BCUT2D eigenvalue weighted by Crippen LogP contribution is 2.25. The minimum Gasteiger partial charge on any atom is -0.127 e. The van der Waals surface area contributed by atoms with Gasteiger partial charge in [-0.05, 0) is 24.0 Å². The average molecular weight is 226 g/mol. The van der Waals surface area contributed by atoms with E-state index in [0.29, 0.717) is 0 Å². The summed E-state index contributed by atoms with van der Waals surface area (Å²) in [5.74, 6) is 3.39. The molecule has 1 aromatic rings. The molecule has 1 heteroatoms. The van der Waals surface area contributed by atoms with E-state index in [1.807, 2.05) is 0 Å². The summed E-state index contributed by atoms with van der Waals surface area (Å²) in [7, 11) is -1.26. The number of allylic oxidation sites excluding steroid dienone is 2. The summed E-state index contributed by atoms with van der Waals surface area (Å²) >= 11 is 0. The molecular formula is C15H18Si. The van der Waals surface area contributed by atoms with Crippen LogP contribution < -0.4 is 0 Å². The lowest BCUT2D eigenvalue weighted by Crippen LogP contribution is -2.16. The van der Waals surface area contributed by atoms with Crippen LogP contribution in [0.25, 0.3) is 5.57 Å². The van der Waals surface area contributed by atoms with Crippen LogP contribution in [0.1, 0.15) is 17.5 Å². The Morgan fingerprint density at radius 2 is 1.88 bits per heavy atom. The summed E-state index contributed by atoms with van der Waals surface area (Å²) < 4.78 is 0. The molecule has 0 bridgehead atoms. The van der Waals surface area contributed by atoms with E-state index >= 15 is 0 Å². The molecule has 0 saturated heterocycles. The van der Waals surface area contributed by atoms with Crippen molar-refractivity contribution in [2.75, 3.05) is 0 Å². The van der Waals surface area contributed by atoms with E-state index in [2.05, 4.69) is 61.4 Å². The second-order valence-corrected chi connectivity index (χ2v) is 10.1. The Morgan fingerprint density at radius 3 is 2.62 bits per heavy atom. The molecule has 0 atom stereocenters. The van der Waals surface area contributed by atoms with Gasteiger partial charge in [-0.25, -0.2) is 0 Å². The average Bonchev–Trinajstić information content (AvgIpc) is 2.25. The van der Waals surface area contributed by atoms with Crippen molar-refractivity contribution in [3.8, 4) is 11.5 Å². The molecule has 0 fully saturated rings. The molecule has 1 aromatic carbocycles. The van der Waals surface area contributed by atoms with Gasteiger partial charge in [0.05, 0.1) is 0 Å². The Labute approximate surface area is 99.4 Å². The molecule has 0 heterocycles. The third kappa shape index (κ3) is 2.65. The van der Waals surface area contributed by atoms with E-state index in [1.165, 1.54) is 16.7 Å². The van der Waals surface area contributed by atoms with Crippen LogP contribution in [-0.2, 0) is 6.42 Å². The molecule has 0 N–H and O–H groups in total. The van der Waals surface area contributed by atoms with E-state index in [0.717, 1.165) is 12.8 Å². The van der Waals surface area contributed by atoms with Gasteiger partial charge in [0.25, 0.3) is 0 Å². The highest BCUT2D eigenvalue weighted by molar-refractivity contribution is 6.84. The van der Waals surface area contributed by atoms with Crippen molar-refractivity contribution < 1.29 is 0 Å². The lowest BCUT2D eigenvalue weighted by molar-refractivity contribution is 0.981. The largest absolute Gasteiger partial charge is 0.129 e. The van der Waals surface area contributed by atoms with E-state index < -0.39 is 8.07 Å². The highest BCUT2D eigenvalue weighted by Gasteiger charge is 2.11. The normalized spacial score (nSPS) is 14.6. The maximum absolute atomic E-state index is 3.45. The van der Waals surface area contributed by atoms with Crippen LogP contribution in [-0.4, -0.2) is 8.07 Å². The number of aryl methyl sites for hydroxylation is 1. The van der Waals surface area contributed by atoms with Gasteiger partial charge in [0, 0.05) is 5.57 Å². The topological polar surface area (TPSA) is 0 Å². The smallest absolute Gasteiger partial charge is 0.127 e. The SMILES string of the molecule is C[Si](C)(C)C#CC1=CCCc2ccccc21. The molecule has 0 amide bonds. The van der Waals surface area contributed by atoms with E-state index in [-0.39, 0.29) is 0 Å². The highest BCUT2D eigenvalue weighted by atomic mass is 28.3. The first-order chi connectivity index (χ1) is 7.56. The molecular weight excluding hydrogens is 208 g/mol. The summed E-state index contributed by atoms with van der Waals surface area (Å²) in [6.07, 6.45) is 4.58. The monoisotopic (exact) mass is 226 g/mol.